The zero-order valence-corrected chi connectivity index (χ0v) is 64.8. The van der Waals surface area contributed by atoms with E-state index < -0.39 is 23.1 Å². The Balaban J connectivity index is -0.000000333. The summed E-state index contributed by atoms with van der Waals surface area (Å²) in [5.74, 6) is -0.676. The Hall–Kier alpha value is -1.46. The van der Waals surface area contributed by atoms with Crippen molar-refractivity contribution in [2.45, 2.75) is 147 Å². The number of carbonyl (C=O) groups is 3. The van der Waals surface area contributed by atoms with Crippen LogP contribution in [0.5, 0.6) is 0 Å². The Morgan fingerprint density at radius 2 is 1.20 bits per heavy atom. The summed E-state index contributed by atoms with van der Waals surface area (Å²) in [6.07, 6.45) is 6.24. The van der Waals surface area contributed by atoms with Crippen molar-refractivity contribution in [1.82, 2.24) is 36.2 Å². The average Bonchev–Trinajstić information content (AvgIpc) is 1.26. The van der Waals surface area contributed by atoms with E-state index >= 15 is 0 Å². The molecule has 4 aliphatic rings. The molecule has 4 fully saturated rings. The molecule has 2 amide bonds. The Morgan fingerprint density at radius 1 is 0.737 bits per heavy atom. The van der Waals surface area contributed by atoms with Gasteiger partial charge in [0.25, 0.3) is 0 Å². The minimum atomic E-state index is -0.856. The number of amides is 2. The number of aliphatic hydroxyl groups is 3. The number of nitrogens with zero attached hydrogens (tertiary/aromatic N) is 3. The maximum atomic E-state index is 11.2. The van der Waals surface area contributed by atoms with Crippen LogP contribution in [0.4, 0.5) is 0 Å². The molecule has 526 valence electrons. The number of nitrogens with two attached hydrogens (primary N) is 1. The number of rotatable bonds is 19. The standard InChI is InChI=1S/C13H17NO3.C13H19NO2.C9H13NO2.C7H4ClN3.C7H14ClNO2.C6H13NO2.C4H7ClO2.C4H8O.Al.BBr3.Li.Na.5H/c1-10-13(15)14-7-12(17-10)9-16-8-11-5-3-2-4-6-11;1-11-7-14-8-13(16-11)10-15-9-12-5-3-2-4-6-12;10-6-9(11)12-7-8-4-2-1-3-5-8;8-5-1-2-10-7-6(5)9-3-4-11-7;1-3-6(10)4-9-7(11)5(2)8;1-5-2-7-3-6(4-8)9-5;1-3(5)4(6)7-2;1-2-4-3-5-4;;2-1(3)4;;;;;;;/h2-6,10,12H,7-9H2,1H3,(H,14,15);2-6,11,13-14H,7-10H2,1H3;1-5,9,11H,6-7,10H2;1-4H;5-6,10H,3-4H2,1-2H3,(H,9,11);5-8H,2-4H2,1H3;3H,1-2H3;4H,2-3H2,1H3;;;;;;;;;/q;;;;;;;;;;2*+1;;;;2*-1/t10-,12-;11-,13-;9-;;2*5-,6-;3-;4-;;;;;;;;;/m110.0100........./s1. The van der Waals surface area contributed by atoms with Crippen LogP contribution in [0.3, 0.4) is 0 Å². The van der Waals surface area contributed by atoms with Crippen LogP contribution in [-0.4, -0.2) is 214 Å². The number of carbonyl (C=O) groups excluding carboxylic acids is 3. The molecule has 6 heterocycles. The van der Waals surface area contributed by atoms with Crippen molar-refractivity contribution >= 4 is 132 Å². The van der Waals surface area contributed by atoms with E-state index in [0.717, 1.165) is 43.9 Å². The summed E-state index contributed by atoms with van der Waals surface area (Å²) in [5.41, 5.74) is 9.77. The van der Waals surface area contributed by atoms with Gasteiger partial charge < -0.3 is 83.1 Å². The zero-order chi connectivity index (χ0) is 68.5. The van der Waals surface area contributed by atoms with Crippen molar-refractivity contribution in [1.29, 1.82) is 0 Å². The molecule has 9 N–H and O–H groups in total. The van der Waals surface area contributed by atoms with Crippen molar-refractivity contribution in [3.63, 3.8) is 0 Å². The SMILES string of the molecule is BrB(Br)Br.CC[C@H](O)CNC(=O)[C@H](C)Cl.CC[C@H]1CO1.COC(=O)[C@H](C)Cl.C[C@@H]1CNC[C@H](CO)O1.C[C@@H]1CNC[C@H](COCc2ccccc2)O1.C[C@H]1O[C@@H](COCc2ccccc2)CNC1=O.Clc1ccnc2nccnc12.NC[C@@H](O)OCc1ccccc1.[AlH3].[H-].[H-].[Li+].[Na+]. The smallest absolute Gasteiger partial charge is 1.00 e. The van der Waals surface area contributed by atoms with Crippen LogP contribution in [-0.2, 0) is 72.1 Å². The Kier molecular flexibility index (Phi) is 64.1. The molecule has 0 saturated carbocycles. The van der Waals surface area contributed by atoms with Gasteiger partial charge in [-0.15, -0.1) is 70.5 Å². The van der Waals surface area contributed by atoms with Gasteiger partial charge in [-0.1, -0.05) is 116 Å². The fourth-order valence-electron chi connectivity index (χ4n) is 7.22. The first-order valence-corrected chi connectivity index (χ1v) is 34.2. The van der Waals surface area contributed by atoms with Crippen molar-refractivity contribution in [2.24, 2.45) is 5.73 Å². The molecule has 5 aromatic rings. The first-order chi connectivity index (χ1) is 44.0. The van der Waals surface area contributed by atoms with Gasteiger partial charge in [-0.25, -0.2) is 15.0 Å². The van der Waals surface area contributed by atoms with Gasteiger partial charge in [0.1, 0.15) is 22.4 Å². The second kappa shape index (κ2) is 62.3. The number of morpholine rings is 3. The minimum absolute atomic E-state index is 0. The monoisotopic (exact) mass is 1600 g/mol. The number of epoxide rings is 1. The third kappa shape index (κ3) is 53.1. The van der Waals surface area contributed by atoms with Gasteiger partial charge in [0, 0.05) is 64.4 Å². The molecule has 0 unspecified atom stereocenters. The number of methoxy groups -OCH3 is 1. The Bertz CT molecular complexity index is 2670. The summed E-state index contributed by atoms with van der Waals surface area (Å²) in [4.78, 5) is 44.1. The number of benzene rings is 3. The summed E-state index contributed by atoms with van der Waals surface area (Å²) in [7, 11) is 1.31. The number of hydrogen-bond acceptors (Lipinski definition) is 20. The fourth-order valence-corrected chi connectivity index (χ4v) is 7.58. The molecule has 4 saturated heterocycles. The number of pyridine rings is 1. The second-order valence-electron chi connectivity index (χ2n) is 20.5. The molecule has 0 radical (unpaired) electrons. The van der Waals surface area contributed by atoms with E-state index in [1.54, 1.807) is 45.4 Å². The van der Waals surface area contributed by atoms with Crippen LogP contribution in [0.15, 0.2) is 116 Å². The number of aliphatic hydroxyl groups excluding tert-OH is 3. The number of alkyl halides is 2. The molecule has 4 aliphatic heterocycles. The number of esters is 1. The summed E-state index contributed by atoms with van der Waals surface area (Å²) >= 11 is 25.8. The van der Waals surface area contributed by atoms with E-state index in [9.17, 15) is 14.4 Å². The topological polar surface area (TPSA) is 302 Å². The summed E-state index contributed by atoms with van der Waals surface area (Å²) in [6.45, 7) is 21.3. The zero-order valence-electron chi connectivity index (χ0n) is 57.7. The van der Waals surface area contributed by atoms with Crippen molar-refractivity contribution < 1.29 is 119 Å². The van der Waals surface area contributed by atoms with Gasteiger partial charge >= 0.3 is 57.6 Å². The van der Waals surface area contributed by atoms with Crippen LogP contribution < -0.4 is 75.4 Å². The third-order valence-corrected chi connectivity index (χ3v) is 13.0. The van der Waals surface area contributed by atoms with Gasteiger partial charge in [0.05, 0.1) is 101 Å². The van der Waals surface area contributed by atoms with Crippen LogP contribution in [0, 0.1) is 0 Å². The first-order valence-electron chi connectivity index (χ1n) is 30.2. The molecule has 3 aromatic carbocycles. The number of hydrogen-bond donors (Lipinski definition) is 8. The van der Waals surface area contributed by atoms with Gasteiger partial charge in [-0.05, 0) is 70.2 Å². The molecule has 11 atom stereocenters. The first kappa shape index (κ1) is 97.7. The molecule has 0 spiro atoms. The second-order valence-corrected chi connectivity index (χ2v) is 28.6. The van der Waals surface area contributed by atoms with Crippen LogP contribution in [0.25, 0.3) is 11.2 Å². The molecular formula is C63H100AlBBr3Cl3LiN8NaO14. The minimum Gasteiger partial charge on any atom is -1.00 e. The van der Waals surface area contributed by atoms with E-state index in [2.05, 4.69) is 114 Å². The third-order valence-electron chi connectivity index (χ3n) is 12.3. The van der Waals surface area contributed by atoms with Crippen molar-refractivity contribution in [2.75, 3.05) is 79.4 Å². The molecular weight excluding hydrogens is 1510 g/mol. The van der Waals surface area contributed by atoms with Crippen LogP contribution in [0.1, 0.15) is 80.9 Å². The van der Waals surface area contributed by atoms with E-state index in [-0.39, 0.29) is 140 Å². The number of aromatic nitrogens is 3. The average molecular weight is 1610 g/mol. The molecule has 9 rings (SSSR count). The Labute approximate surface area is 650 Å². The number of nitrogens with one attached hydrogen (secondary N) is 4. The van der Waals surface area contributed by atoms with E-state index in [1.165, 1.54) is 19.1 Å². The predicted octanol–water partition coefficient (Wildman–Crippen LogP) is 1.49. The summed E-state index contributed by atoms with van der Waals surface area (Å²) in [5, 5.41) is 38.0. The van der Waals surface area contributed by atoms with Crippen molar-refractivity contribution in [3.05, 3.63) is 137 Å². The van der Waals surface area contributed by atoms with E-state index in [4.69, 9.17) is 89.0 Å². The summed E-state index contributed by atoms with van der Waals surface area (Å²) in [6, 6.07) is 31.5. The quantitative estimate of drug-likeness (QED) is 0.0191. The molecule has 22 nitrogen and oxygen atoms in total. The van der Waals surface area contributed by atoms with Crippen molar-refractivity contribution in [3.8, 4) is 0 Å². The number of fused-ring (bicyclic) bond motifs is 1. The van der Waals surface area contributed by atoms with E-state index in [1.807, 2.05) is 92.7 Å². The fraction of sp³-hybridized carbons (Fsp3) is 0.556. The van der Waals surface area contributed by atoms with Gasteiger partial charge in [0.2, 0.25) is 11.8 Å². The molecule has 0 aliphatic carbocycles. The molecule has 2 aromatic heterocycles. The van der Waals surface area contributed by atoms with Gasteiger partial charge in [-0.2, -0.15) is 0 Å². The maximum Gasteiger partial charge on any atom is 1.00 e. The largest absolute Gasteiger partial charge is 1.00 e. The molecule has 32 heteroatoms. The Morgan fingerprint density at radius 3 is 1.58 bits per heavy atom. The van der Waals surface area contributed by atoms with Crippen LogP contribution >= 0.6 is 82.1 Å². The predicted molar refractivity (Wildman–Crippen MR) is 386 cm³/mol. The molecule has 95 heavy (non-hydrogen) atoms. The normalized spacial score (nSPS) is 19.8. The maximum absolute atomic E-state index is 11.2. The number of halogens is 6. The van der Waals surface area contributed by atoms with E-state index in [0.29, 0.717) is 74.4 Å². The van der Waals surface area contributed by atoms with Crippen LogP contribution in [0.2, 0.25) is 5.02 Å². The van der Waals surface area contributed by atoms with Gasteiger partial charge in [0.15, 0.2) is 29.3 Å². The number of ether oxygens (including phenoxy) is 8. The van der Waals surface area contributed by atoms with Gasteiger partial charge in [-0.3, -0.25) is 14.4 Å². The molecule has 0 bridgehead atoms. The summed E-state index contributed by atoms with van der Waals surface area (Å²) < 4.78 is 42.1.